The second-order valence-electron chi connectivity index (χ2n) is 9.96. The molecular weight excluding hydrogens is 518 g/mol. The van der Waals surface area contributed by atoms with E-state index >= 15 is 0 Å². The Morgan fingerprint density at radius 3 is 2.17 bits per heavy atom. The molecule has 0 saturated carbocycles. The molecule has 0 saturated heterocycles. The summed E-state index contributed by atoms with van der Waals surface area (Å²) in [6, 6.07) is 26.8. The van der Waals surface area contributed by atoms with E-state index in [0.29, 0.717) is 23.8 Å². The molecule has 0 unspecified atom stereocenters. The van der Waals surface area contributed by atoms with Crippen molar-refractivity contribution in [2.24, 2.45) is 0 Å². The smallest absolute Gasteiger partial charge is 0.323 e. The highest BCUT2D eigenvalue weighted by molar-refractivity contribution is 8.36. The number of hydrogen-bond donors (Lipinski definition) is 3. The number of amides is 2. The number of urea groups is 1. The Labute approximate surface area is 235 Å². The number of hydrogen-bond acceptors (Lipinski definition) is 5. The summed E-state index contributed by atoms with van der Waals surface area (Å²) in [4.78, 5) is 21.2. The van der Waals surface area contributed by atoms with Gasteiger partial charge in [-0.1, -0.05) is 66.6 Å². The number of anilines is 3. The fraction of sp³-hybridized carbons (Fsp3) is 0.156. The number of furan rings is 1. The van der Waals surface area contributed by atoms with Crippen molar-refractivity contribution >= 4 is 44.4 Å². The monoisotopic (exact) mass is 549 g/mol. The average molecular weight is 550 g/mol. The van der Waals surface area contributed by atoms with Gasteiger partial charge >= 0.3 is 6.03 Å². The molecule has 202 valence electrons. The zero-order chi connectivity index (χ0) is 28.0. The Hall–Kier alpha value is -4.74. The lowest BCUT2D eigenvalue weighted by Gasteiger charge is -2.14. The van der Waals surface area contributed by atoms with Crippen LogP contribution < -0.4 is 16.0 Å². The maximum Gasteiger partial charge on any atom is 0.323 e. The highest BCUT2D eigenvalue weighted by Gasteiger charge is 2.19. The highest BCUT2D eigenvalue weighted by atomic mass is 32.3. The van der Waals surface area contributed by atoms with Crippen molar-refractivity contribution < 1.29 is 9.21 Å². The van der Waals surface area contributed by atoms with Crippen molar-refractivity contribution in [2.45, 2.75) is 6.42 Å². The Bertz CT molecular complexity index is 1670. The van der Waals surface area contributed by atoms with Crippen LogP contribution in [0.4, 0.5) is 22.0 Å². The van der Waals surface area contributed by atoms with Crippen LogP contribution in [-0.4, -0.2) is 41.3 Å². The van der Waals surface area contributed by atoms with Gasteiger partial charge in [0, 0.05) is 23.5 Å². The maximum absolute atomic E-state index is 12.3. The largest absolute Gasteiger partial charge is 0.436 e. The Morgan fingerprint density at radius 1 is 0.850 bits per heavy atom. The van der Waals surface area contributed by atoms with Crippen LogP contribution in [0.15, 0.2) is 95.7 Å². The number of nitrogens with one attached hydrogen (secondary N) is 3. The fourth-order valence-corrected chi connectivity index (χ4v) is 4.49. The third-order valence-electron chi connectivity index (χ3n) is 5.96. The normalized spacial score (nSPS) is 11.4. The number of carbonyl (C=O) groups excluding carboxylic acids is 1. The molecule has 5 rings (SSSR count). The van der Waals surface area contributed by atoms with E-state index in [1.165, 1.54) is 6.33 Å². The molecular formula is C32H31N5O2S. The van der Waals surface area contributed by atoms with Gasteiger partial charge in [0.05, 0.1) is 10.9 Å². The van der Waals surface area contributed by atoms with Gasteiger partial charge in [-0.15, -0.1) is 0 Å². The molecule has 3 N–H and O–H groups in total. The van der Waals surface area contributed by atoms with Gasteiger partial charge in [0.2, 0.25) is 5.71 Å². The molecule has 0 fully saturated rings. The average Bonchev–Trinajstić information content (AvgIpc) is 3.33. The Kier molecular flexibility index (Phi) is 8.04. The van der Waals surface area contributed by atoms with Crippen molar-refractivity contribution in [1.82, 2.24) is 9.97 Å². The molecule has 0 bridgehead atoms. The molecule has 2 amide bonds. The molecule has 0 radical (unpaired) electrons. The van der Waals surface area contributed by atoms with Crippen LogP contribution in [0.25, 0.3) is 22.4 Å². The summed E-state index contributed by atoms with van der Waals surface area (Å²) < 4.78 is 6.21. The van der Waals surface area contributed by atoms with Gasteiger partial charge in [0.15, 0.2) is 5.76 Å². The van der Waals surface area contributed by atoms with Crippen LogP contribution in [-0.2, 0) is 6.42 Å². The minimum Gasteiger partial charge on any atom is -0.436 e. The van der Waals surface area contributed by atoms with Gasteiger partial charge in [-0.25, -0.2) is 14.8 Å². The second-order valence-corrected chi connectivity index (χ2v) is 13.8. The number of fused-ring (bicyclic) bond motifs is 1. The lowest BCUT2D eigenvalue weighted by molar-refractivity contribution is 0.262. The molecule has 0 aliphatic heterocycles. The van der Waals surface area contributed by atoms with E-state index in [1.807, 2.05) is 84.9 Å². The molecule has 0 aliphatic carbocycles. The van der Waals surface area contributed by atoms with E-state index in [4.69, 9.17) is 4.42 Å². The topological polar surface area (TPSA) is 92.1 Å². The molecule has 0 aliphatic rings. The van der Waals surface area contributed by atoms with Crippen LogP contribution in [0.2, 0.25) is 0 Å². The summed E-state index contributed by atoms with van der Waals surface area (Å²) in [6.07, 6.45) is 8.76. The third-order valence-corrected chi connectivity index (χ3v) is 6.67. The molecule has 40 heavy (non-hydrogen) atoms. The Morgan fingerprint density at radius 2 is 1.50 bits per heavy atom. The van der Waals surface area contributed by atoms with Crippen molar-refractivity contribution in [3.05, 3.63) is 102 Å². The summed E-state index contributed by atoms with van der Waals surface area (Å²) in [7, 11) is -1.06. The summed E-state index contributed by atoms with van der Waals surface area (Å²) in [5, 5.41) is 13.4. The van der Waals surface area contributed by atoms with Crippen LogP contribution in [0, 0.1) is 11.2 Å². The SMILES string of the molecule is CS(C)(C)C#Cc1c(-c2ccccc2)oc2ncnc(NCCc3ccc(NC(=O)Nc4ccccc4)cc3)c12. The number of rotatable bonds is 7. The standard InChI is InChI=1S/C32H31N5O2S/c1-40(2,3)21-19-27-28-30(34-22-35-31(28)39-29(27)24-10-6-4-7-11-24)33-20-18-23-14-16-26(17-15-23)37-32(38)36-25-12-8-5-9-13-25/h4-17,22H,18,20H2,1-3H3,(H,33,34,35)(H2,36,37,38). The molecule has 7 nitrogen and oxygen atoms in total. The van der Waals surface area contributed by atoms with Gasteiger partial charge in [-0.3, -0.25) is 0 Å². The first-order chi connectivity index (χ1) is 19.4. The minimum absolute atomic E-state index is 0.282. The molecule has 0 atom stereocenters. The summed E-state index contributed by atoms with van der Waals surface area (Å²) >= 11 is 0. The Balaban J connectivity index is 1.30. The summed E-state index contributed by atoms with van der Waals surface area (Å²) in [5.74, 6) is 4.79. The van der Waals surface area contributed by atoms with E-state index in [-0.39, 0.29) is 6.03 Å². The van der Waals surface area contributed by atoms with Crippen LogP contribution >= 0.6 is 10.0 Å². The van der Waals surface area contributed by atoms with Crippen molar-refractivity contribution in [2.75, 3.05) is 41.3 Å². The van der Waals surface area contributed by atoms with Gasteiger partial charge in [-0.2, -0.15) is 10.0 Å². The van der Waals surface area contributed by atoms with E-state index < -0.39 is 10.0 Å². The summed E-state index contributed by atoms with van der Waals surface area (Å²) in [5.41, 5.74) is 4.85. The molecule has 2 aromatic heterocycles. The minimum atomic E-state index is -1.06. The molecule has 0 spiro atoms. The molecule has 3 aromatic carbocycles. The van der Waals surface area contributed by atoms with Crippen molar-refractivity contribution in [1.29, 1.82) is 0 Å². The zero-order valence-corrected chi connectivity index (χ0v) is 23.5. The third kappa shape index (κ3) is 6.82. The van der Waals surface area contributed by atoms with Crippen LogP contribution in [0.5, 0.6) is 0 Å². The number of nitrogens with zero attached hydrogens (tertiary/aromatic N) is 2. The van der Waals surface area contributed by atoms with Gasteiger partial charge in [-0.05, 0) is 60.3 Å². The van der Waals surface area contributed by atoms with E-state index in [2.05, 4.69) is 55.9 Å². The van der Waals surface area contributed by atoms with E-state index in [0.717, 1.165) is 39.9 Å². The second kappa shape index (κ2) is 12.0. The quantitative estimate of drug-likeness (QED) is 0.187. The van der Waals surface area contributed by atoms with Crippen LogP contribution in [0.3, 0.4) is 0 Å². The maximum atomic E-state index is 12.3. The van der Waals surface area contributed by atoms with Gasteiger partial charge in [0.1, 0.15) is 12.1 Å². The molecule has 2 heterocycles. The predicted octanol–water partition coefficient (Wildman–Crippen LogP) is 7.19. The summed E-state index contributed by atoms with van der Waals surface area (Å²) in [6.45, 7) is 0.649. The number of carbonyl (C=O) groups is 1. The van der Waals surface area contributed by atoms with Crippen molar-refractivity contribution in [3.8, 4) is 22.5 Å². The first-order valence-corrected chi connectivity index (χ1v) is 15.7. The van der Waals surface area contributed by atoms with Gasteiger partial charge in [0.25, 0.3) is 0 Å². The predicted molar refractivity (Wildman–Crippen MR) is 167 cm³/mol. The number of para-hydroxylation sites is 1. The number of aromatic nitrogens is 2. The van der Waals surface area contributed by atoms with E-state index in [9.17, 15) is 4.79 Å². The lowest BCUT2D eigenvalue weighted by Crippen LogP contribution is -2.19. The van der Waals surface area contributed by atoms with E-state index in [1.54, 1.807) is 0 Å². The van der Waals surface area contributed by atoms with Crippen LogP contribution in [0.1, 0.15) is 11.1 Å². The molecule has 8 heteroatoms. The number of benzene rings is 3. The molecule has 5 aromatic rings. The highest BCUT2D eigenvalue weighted by Crippen LogP contribution is 2.37. The zero-order valence-electron chi connectivity index (χ0n) is 22.7. The lowest BCUT2D eigenvalue weighted by atomic mass is 10.1. The first kappa shape index (κ1) is 26.9. The van der Waals surface area contributed by atoms with Gasteiger partial charge < -0.3 is 20.4 Å². The first-order valence-electron chi connectivity index (χ1n) is 12.9. The fourth-order valence-electron chi connectivity index (χ4n) is 4.08. The van der Waals surface area contributed by atoms with Crippen molar-refractivity contribution in [3.63, 3.8) is 0 Å².